The molecule has 4 rings (SSSR count). The zero-order valence-corrected chi connectivity index (χ0v) is 16.3. The molecule has 142 valence electrons. The average molecular weight is 393 g/mol. The Kier molecular flexibility index (Phi) is 5.08. The van der Waals surface area contributed by atoms with Gasteiger partial charge in [-0.05, 0) is 30.5 Å². The van der Waals surface area contributed by atoms with Crippen LogP contribution in [0.3, 0.4) is 0 Å². The molecule has 1 unspecified atom stereocenters. The van der Waals surface area contributed by atoms with Gasteiger partial charge in [0.05, 0.1) is 6.04 Å². The van der Waals surface area contributed by atoms with E-state index in [1.165, 1.54) is 0 Å². The molecule has 0 aliphatic rings. The standard InChI is InChI=1S/C21H19N3O3S/c1-14(20-7-4-10-28-20)24(2)21(25)18-11-16(27-23-18)13-26-19-6-3-5-15-12-22-9-8-17(15)19/h3-12,14H,13H2,1-2H3. The highest BCUT2D eigenvalue weighted by molar-refractivity contribution is 7.10. The maximum absolute atomic E-state index is 12.7. The molecule has 0 bridgehead atoms. The number of carbonyl (C=O) groups excluding carboxylic acids is 1. The highest BCUT2D eigenvalue weighted by Crippen LogP contribution is 2.26. The maximum atomic E-state index is 12.7. The Morgan fingerprint density at radius 1 is 1.29 bits per heavy atom. The van der Waals surface area contributed by atoms with Crippen LogP contribution in [0.1, 0.15) is 34.1 Å². The molecular formula is C21H19N3O3S. The quantitative estimate of drug-likeness (QED) is 0.475. The van der Waals surface area contributed by atoms with Crippen LogP contribution in [0.25, 0.3) is 10.8 Å². The summed E-state index contributed by atoms with van der Waals surface area (Å²) in [4.78, 5) is 19.6. The van der Waals surface area contributed by atoms with Gasteiger partial charge >= 0.3 is 0 Å². The molecule has 0 radical (unpaired) electrons. The minimum atomic E-state index is -0.188. The Bertz CT molecular complexity index is 1090. The first-order chi connectivity index (χ1) is 13.6. The molecule has 1 amide bonds. The lowest BCUT2D eigenvalue weighted by Crippen LogP contribution is -2.29. The van der Waals surface area contributed by atoms with E-state index in [-0.39, 0.29) is 24.2 Å². The van der Waals surface area contributed by atoms with Crippen molar-refractivity contribution in [2.45, 2.75) is 19.6 Å². The first kappa shape index (κ1) is 18.2. The van der Waals surface area contributed by atoms with E-state index in [1.807, 2.05) is 48.7 Å². The van der Waals surface area contributed by atoms with Crippen molar-refractivity contribution >= 4 is 28.0 Å². The Balaban J connectivity index is 1.45. The van der Waals surface area contributed by atoms with Crippen LogP contribution < -0.4 is 4.74 Å². The van der Waals surface area contributed by atoms with Crippen molar-refractivity contribution in [3.8, 4) is 5.75 Å². The number of hydrogen-bond donors (Lipinski definition) is 0. The maximum Gasteiger partial charge on any atom is 0.276 e. The molecule has 7 heteroatoms. The molecular weight excluding hydrogens is 374 g/mol. The zero-order valence-electron chi connectivity index (χ0n) is 15.5. The number of benzene rings is 1. The van der Waals surface area contributed by atoms with Crippen LogP contribution in [-0.2, 0) is 6.61 Å². The van der Waals surface area contributed by atoms with Crippen molar-refractivity contribution < 1.29 is 14.1 Å². The molecule has 4 aromatic rings. The fourth-order valence-electron chi connectivity index (χ4n) is 2.93. The van der Waals surface area contributed by atoms with Crippen LogP contribution in [0.4, 0.5) is 0 Å². The van der Waals surface area contributed by atoms with Crippen LogP contribution in [0.2, 0.25) is 0 Å². The molecule has 3 aromatic heterocycles. The third kappa shape index (κ3) is 3.61. The lowest BCUT2D eigenvalue weighted by atomic mass is 10.1. The smallest absolute Gasteiger partial charge is 0.276 e. The van der Waals surface area contributed by atoms with Gasteiger partial charge in [-0.1, -0.05) is 23.4 Å². The van der Waals surface area contributed by atoms with E-state index in [9.17, 15) is 4.79 Å². The van der Waals surface area contributed by atoms with Crippen LogP contribution in [0.15, 0.2) is 64.8 Å². The molecule has 0 saturated carbocycles. The second-order valence-electron chi connectivity index (χ2n) is 6.43. The van der Waals surface area contributed by atoms with Crippen molar-refractivity contribution in [2.75, 3.05) is 7.05 Å². The SMILES string of the molecule is CC(c1cccs1)N(C)C(=O)c1cc(COc2cccc3cnccc23)on1. The summed E-state index contributed by atoms with van der Waals surface area (Å²) in [6, 6.07) is 13.3. The monoisotopic (exact) mass is 393 g/mol. The predicted molar refractivity (Wildman–Crippen MR) is 107 cm³/mol. The Hall–Kier alpha value is -3.19. The Morgan fingerprint density at radius 2 is 2.18 bits per heavy atom. The highest BCUT2D eigenvalue weighted by atomic mass is 32.1. The zero-order chi connectivity index (χ0) is 19.5. The molecule has 1 atom stereocenters. The topological polar surface area (TPSA) is 68.5 Å². The Labute approximate surface area is 166 Å². The second-order valence-corrected chi connectivity index (χ2v) is 7.41. The molecule has 3 heterocycles. The highest BCUT2D eigenvalue weighted by Gasteiger charge is 2.22. The number of ether oxygens (including phenoxy) is 1. The number of carbonyl (C=O) groups is 1. The Morgan fingerprint density at radius 3 is 3.00 bits per heavy atom. The number of aromatic nitrogens is 2. The van der Waals surface area contributed by atoms with Crippen molar-refractivity contribution in [2.24, 2.45) is 0 Å². The largest absolute Gasteiger partial charge is 0.485 e. The first-order valence-electron chi connectivity index (χ1n) is 8.85. The summed E-state index contributed by atoms with van der Waals surface area (Å²) < 4.78 is 11.2. The van der Waals surface area contributed by atoms with E-state index in [2.05, 4.69) is 10.1 Å². The van der Waals surface area contributed by atoms with Gasteiger partial charge in [-0.25, -0.2) is 0 Å². The molecule has 6 nitrogen and oxygen atoms in total. The number of thiophene rings is 1. The van der Waals surface area contributed by atoms with Gasteiger partial charge in [0.2, 0.25) is 0 Å². The minimum Gasteiger partial charge on any atom is -0.485 e. The van der Waals surface area contributed by atoms with E-state index in [1.54, 1.807) is 41.7 Å². The summed E-state index contributed by atoms with van der Waals surface area (Å²) >= 11 is 1.62. The van der Waals surface area contributed by atoms with Crippen molar-refractivity contribution in [1.29, 1.82) is 0 Å². The summed E-state index contributed by atoms with van der Waals surface area (Å²) in [5, 5.41) is 7.89. The van der Waals surface area contributed by atoms with Gasteiger partial charge in [-0.3, -0.25) is 9.78 Å². The summed E-state index contributed by atoms with van der Waals surface area (Å²) in [7, 11) is 1.77. The summed E-state index contributed by atoms with van der Waals surface area (Å²) in [5.74, 6) is 1.03. The molecule has 0 aliphatic heterocycles. The van der Waals surface area contributed by atoms with Crippen molar-refractivity contribution in [3.05, 3.63) is 76.6 Å². The first-order valence-corrected chi connectivity index (χ1v) is 9.73. The lowest BCUT2D eigenvalue weighted by Gasteiger charge is -2.22. The van der Waals surface area contributed by atoms with Crippen LogP contribution >= 0.6 is 11.3 Å². The number of pyridine rings is 1. The summed E-state index contributed by atoms with van der Waals surface area (Å²) in [6.07, 6.45) is 3.52. The van der Waals surface area contributed by atoms with E-state index < -0.39 is 0 Å². The summed E-state index contributed by atoms with van der Waals surface area (Å²) in [6.45, 7) is 2.18. The fraction of sp³-hybridized carbons (Fsp3) is 0.190. The normalized spacial score (nSPS) is 12.1. The van der Waals surface area contributed by atoms with Gasteiger partial charge in [-0.15, -0.1) is 11.3 Å². The molecule has 28 heavy (non-hydrogen) atoms. The summed E-state index contributed by atoms with van der Waals surface area (Å²) in [5.41, 5.74) is 0.270. The van der Waals surface area contributed by atoms with E-state index in [0.717, 1.165) is 21.4 Å². The number of nitrogens with zero attached hydrogens (tertiary/aromatic N) is 3. The third-order valence-electron chi connectivity index (χ3n) is 4.64. The lowest BCUT2D eigenvalue weighted by molar-refractivity contribution is 0.0734. The number of amides is 1. The van der Waals surface area contributed by atoms with Crippen LogP contribution in [-0.4, -0.2) is 28.0 Å². The van der Waals surface area contributed by atoms with Gasteiger partial charge in [0.25, 0.3) is 5.91 Å². The van der Waals surface area contributed by atoms with E-state index >= 15 is 0 Å². The number of hydrogen-bond acceptors (Lipinski definition) is 6. The molecule has 0 saturated heterocycles. The van der Waals surface area contributed by atoms with Crippen molar-refractivity contribution in [1.82, 2.24) is 15.0 Å². The van der Waals surface area contributed by atoms with Gasteiger partial charge < -0.3 is 14.2 Å². The minimum absolute atomic E-state index is 0.0341. The average Bonchev–Trinajstić information content (AvgIpc) is 3.43. The van der Waals surface area contributed by atoms with E-state index in [4.69, 9.17) is 9.26 Å². The molecule has 0 aliphatic carbocycles. The van der Waals surface area contributed by atoms with Crippen molar-refractivity contribution in [3.63, 3.8) is 0 Å². The fourth-order valence-corrected chi connectivity index (χ4v) is 3.75. The van der Waals surface area contributed by atoms with Crippen LogP contribution in [0.5, 0.6) is 5.75 Å². The van der Waals surface area contributed by atoms with E-state index in [0.29, 0.717) is 5.76 Å². The van der Waals surface area contributed by atoms with Gasteiger partial charge in [0, 0.05) is 41.2 Å². The third-order valence-corrected chi connectivity index (χ3v) is 5.69. The molecule has 0 N–H and O–H groups in total. The molecule has 0 spiro atoms. The molecule has 1 aromatic carbocycles. The van der Waals surface area contributed by atoms with Crippen LogP contribution in [0, 0.1) is 0 Å². The second kappa shape index (κ2) is 7.82. The van der Waals surface area contributed by atoms with Gasteiger partial charge in [0.15, 0.2) is 11.5 Å². The predicted octanol–water partition coefficient (Wildman–Crippen LogP) is 4.70. The number of rotatable bonds is 6. The van der Waals surface area contributed by atoms with Gasteiger partial charge in [0.1, 0.15) is 12.4 Å². The number of fused-ring (bicyclic) bond motifs is 1. The van der Waals surface area contributed by atoms with Gasteiger partial charge in [-0.2, -0.15) is 0 Å². The molecule has 0 fully saturated rings.